The van der Waals surface area contributed by atoms with Crippen LogP contribution < -0.4 is 5.32 Å². The van der Waals surface area contributed by atoms with Gasteiger partial charge in [-0.15, -0.1) is 0 Å². The summed E-state index contributed by atoms with van der Waals surface area (Å²) < 4.78 is 1.06. The molecule has 0 saturated heterocycles. The minimum absolute atomic E-state index is 0.112. The van der Waals surface area contributed by atoms with Crippen LogP contribution in [-0.2, 0) is 0 Å². The molecular formula is C14H16BrN3O. The molecule has 2 rings (SSSR count). The highest BCUT2D eigenvalue weighted by Crippen LogP contribution is 2.17. The molecule has 4 nitrogen and oxygen atoms in total. The van der Waals surface area contributed by atoms with E-state index in [0.717, 1.165) is 10.0 Å². The maximum Gasteiger partial charge on any atom is 0.269 e. The first-order valence-corrected chi connectivity index (χ1v) is 6.91. The number of aromatic nitrogens is 2. The maximum absolute atomic E-state index is 11.9. The molecule has 0 aliphatic rings. The number of benzene rings is 1. The van der Waals surface area contributed by atoms with Gasteiger partial charge in [0.25, 0.3) is 5.91 Å². The Morgan fingerprint density at radius 2 is 2.11 bits per heavy atom. The van der Waals surface area contributed by atoms with Crippen molar-refractivity contribution in [2.45, 2.75) is 19.8 Å². The topological polar surface area (TPSA) is 57.8 Å². The molecule has 1 aromatic heterocycles. The lowest BCUT2D eigenvalue weighted by Gasteiger charge is -2.13. The Kier molecular flexibility index (Phi) is 4.37. The quantitative estimate of drug-likeness (QED) is 0.909. The molecule has 1 aromatic carbocycles. The second-order valence-corrected chi connectivity index (χ2v) is 5.51. The zero-order chi connectivity index (χ0) is 13.8. The molecule has 1 heterocycles. The van der Waals surface area contributed by atoms with E-state index in [4.69, 9.17) is 0 Å². The average Bonchev–Trinajstić information content (AvgIpc) is 2.83. The van der Waals surface area contributed by atoms with Crippen molar-refractivity contribution in [2.75, 3.05) is 6.54 Å². The first-order valence-electron chi connectivity index (χ1n) is 6.11. The van der Waals surface area contributed by atoms with E-state index in [2.05, 4.69) is 50.5 Å². The Hall–Kier alpha value is -1.62. The van der Waals surface area contributed by atoms with Crippen LogP contribution in [0.5, 0.6) is 0 Å². The van der Waals surface area contributed by atoms with Crippen LogP contribution in [0.25, 0.3) is 0 Å². The van der Waals surface area contributed by atoms with Gasteiger partial charge in [-0.3, -0.25) is 9.89 Å². The Morgan fingerprint density at radius 1 is 1.42 bits per heavy atom. The van der Waals surface area contributed by atoms with E-state index in [1.165, 1.54) is 5.56 Å². The van der Waals surface area contributed by atoms with E-state index in [1.54, 1.807) is 6.20 Å². The van der Waals surface area contributed by atoms with Crippen molar-refractivity contribution in [3.05, 3.63) is 51.8 Å². The number of carbonyl (C=O) groups excluding carboxylic acids is 1. The lowest BCUT2D eigenvalue weighted by Crippen LogP contribution is -2.28. The van der Waals surface area contributed by atoms with Gasteiger partial charge in [0.05, 0.1) is 6.20 Å². The smallest absolute Gasteiger partial charge is 0.269 e. The van der Waals surface area contributed by atoms with Crippen LogP contribution >= 0.6 is 15.9 Å². The van der Waals surface area contributed by atoms with Crippen LogP contribution in [-0.4, -0.2) is 22.6 Å². The van der Waals surface area contributed by atoms with Gasteiger partial charge in [-0.25, -0.2) is 0 Å². The number of halogens is 1. The zero-order valence-corrected chi connectivity index (χ0v) is 12.5. The molecule has 0 radical (unpaired) electrons. The predicted molar refractivity (Wildman–Crippen MR) is 78.2 cm³/mol. The summed E-state index contributed by atoms with van der Waals surface area (Å²) in [6.45, 7) is 4.54. The minimum atomic E-state index is -0.112. The highest BCUT2D eigenvalue weighted by molar-refractivity contribution is 9.10. The van der Waals surface area contributed by atoms with Crippen molar-refractivity contribution in [3.63, 3.8) is 0 Å². The third-order valence-electron chi connectivity index (χ3n) is 3.06. The molecule has 2 aromatic rings. The van der Waals surface area contributed by atoms with Crippen molar-refractivity contribution in [2.24, 2.45) is 0 Å². The Bertz CT molecular complexity index is 562. The molecule has 2 N–H and O–H groups in total. The lowest BCUT2D eigenvalue weighted by molar-refractivity contribution is 0.0946. The summed E-state index contributed by atoms with van der Waals surface area (Å²) in [5, 5.41) is 9.47. The van der Waals surface area contributed by atoms with E-state index in [1.807, 2.05) is 19.1 Å². The van der Waals surface area contributed by atoms with Gasteiger partial charge in [0, 0.05) is 11.0 Å². The van der Waals surface area contributed by atoms with E-state index in [9.17, 15) is 4.79 Å². The van der Waals surface area contributed by atoms with Crippen LogP contribution in [0.4, 0.5) is 0 Å². The third kappa shape index (κ3) is 3.44. The predicted octanol–water partition coefficient (Wildman–Crippen LogP) is 3.01. The van der Waals surface area contributed by atoms with Crippen molar-refractivity contribution >= 4 is 21.8 Å². The molecule has 0 bridgehead atoms. The van der Waals surface area contributed by atoms with Crippen LogP contribution in [0.1, 0.15) is 34.5 Å². The van der Waals surface area contributed by atoms with Gasteiger partial charge in [-0.05, 0) is 36.1 Å². The standard InChI is InChI=1S/C14H16BrN3O/c1-9(11-3-5-12(15)6-4-11)7-16-14(19)13-10(2)8-17-18-13/h3-6,8-9H,7H2,1-2H3,(H,16,19)(H,17,18). The van der Waals surface area contributed by atoms with Gasteiger partial charge in [0.15, 0.2) is 0 Å². The number of hydrogen-bond acceptors (Lipinski definition) is 2. The lowest BCUT2D eigenvalue weighted by atomic mass is 10.0. The summed E-state index contributed by atoms with van der Waals surface area (Å²) in [5.74, 6) is 0.152. The SMILES string of the molecule is Cc1cn[nH]c1C(=O)NCC(C)c1ccc(Br)cc1. The van der Waals surface area contributed by atoms with E-state index < -0.39 is 0 Å². The first-order chi connectivity index (χ1) is 9.08. The minimum Gasteiger partial charge on any atom is -0.350 e. The van der Waals surface area contributed by atoms with Crippen molar-refractivity contribution < 1.29 is 4.79 Å². The summed E-state index contributed by atoms with van der Waals surface area (Å²) in [5.41, 5.74) is 2.58. The molecule has 100 valence electrons. The van der Waals surface area contributed by atoms with Crippen molar-refractivity contribution in [3.8, 4) is 0 Å². The number of hydrogen-bond donors (Lipinski definition) is 2. The first kappa shape index (κ1) is 13.8. The highest BCUT2D eigenvalue weighted by Gasteiger charge is 2.12. The molecule has 0 aliphatic heterocycles. The van der Waals surface area contributed by atoms with E-state index in [0.29, 0.717) is 12.2 Å². The van der Waals surface area contributed by atoms with Gasteiger partial charge >= 0.3 is 0 Å². The van der Waals surface area contributed by atoms with Gasteiger partial charge in [0.1, 0.15) is 5.69 Å². The molecule has 1 amide bonds. The summed E-state index contributed by atoms with van der Waals surface area (Å²) in [6.07, 6.45) is 1.65. The molecule has 0 saturated carbocycles. The second-order valence-electron chi connectivity index (χ2n) is 4.59. The van der Waals surface area contributed by atoms with Gasteiger partial charge < -0.3 is 5.32 Å². The average molecular weight is 322 g/mol. The Labute approximate surface area is 120 Å². The van der Waals surface area contributed by atoms with Crippen molar-refractivity contribution in [1.29, 1.82) is 0 Å². The van der Waals surface area contributed by atoms with Crippen LogP contribution in [0, 0.1) is 6.92 Å². The monoisotopic (exact) mass is 321 g/mol. The number of aromatic amines is 1. The number of aryl methyl sites for hydroxylation is 1. The summed E-state index contributed by atoms with van der Waals surface area (Å²) in [4.78, 5) is 11.9. The molecule has 1 atom stereocenters. The summed E-state index contributed by atoms with van der Waals surface area (Å²) >= 11 is 3.41. The zero-order valence-electron chi connectivity index (χ0n) is 10.9. The number of amides is 1. The molecule has 19 heavy (non-hydrogen) atoms. The van der Waals surface area contributed by atoms with Gasteiger partial charge in [-0.2, -0.15) is 5.10 Å². The number of nitrogens with one attached hydrogen (secondary N) is 2. The molecule has 0 fully saturated rings. The highest BCUT2D eigenvalue weighted by atomic mass is 79.9. The van der Waals surface area contributed by atoms with E-state index in [-0.39, 0.29) is 11.8 Å². The normalized spacial score (nSPS) is 12.2. The van der Waals surface area contributed by atoms with Crippen LogP contribution in [0.3, 0.4) is 0 Å². The number of rotatable bonds is 4. The molecule has 0 spiro atoms. The largest absolute Gasteiger partial charge is 0.350 e. The molecule has 1 unspecified atom stereocenters. The van der Waals surface area contributed by atoms with Crippen LogP contribution in [0.2, 0.25) is 0 Å². The Balaban J connectivity index is 1.94. The van der Waals surface area contributed by atoms with Gasteiger partial charge in [0.2, 0.25) is 0 Å². The number of carbonyl (C=O) groups is 1. The van der Waals surface area contributed by atoms with Gasteiger partial charge in [-0.1, -0.05) is 35.0 Å². The second kappa shape index (κ2) is 6.02. The van der Waals surface area contributed by atoms with Crippen molar-refractivity contribution in [1.82, 2.24) is 15.5 Å². The number of nitrogens with zero attached hydrogens (tertiary/aromatic N) is 1. The maximum atomic E-state index is 11.9. The number of H-pyrrole nitrogens is 1. The summed E-state index contributed by atoms with van der Waals surface area (Å²) in [7, 11) is 0. The fraction of sp³-hybridized carbons (Fsp3) is 0.286. The third-order valence-corrected chi connectivity index (χ3v) is 3.59. The molecule has 0 aliphatic carbocycles. The molecular weight excluding hydrogens is 306 g/mol. The van der Waals surface area contributed by atoms with E-state index >= 15 is 0 Å². The summed E-state index contributed by atoms with van der Waals surface area (Å²) in [6, 6.07) is 8.13. The molecule has 5 heteroatoms. The van der Waals surface area contributed by atoms with Crippen LogP contribution in [0.15, 0.2) is 34.9 Å². The Morgan fingerprint density at radius 3 is 2.68 bits per heavy atom. The fourth-order valence-electron chi connectivity index (χ4n) is 1.82. The fourth-order valence-corrected chi connectivity index (χ4v) is 2.08.